The summed E-state index contributed by atoms with van der Waals surface area (Å²) in [5.74, 6) is 0.667. The molecule has 2 aromatic carbocycles. The lowest BCUT2D eigenvalue weighted by Crippen LogP contribution is -2.48. The minimum Gasteiger partial charge on any atom is -0.427 e. The van der Waals surface area contributed by atoms with Gasteiger partial charge in [-0.15, -0.1) is 0 Å². The molecule has 0 saturated heterocycles. The molecule has 0 atom stereocenters. The van der Waals surface area contributed by atoms with Crippen LogP contribution >= 0.6 is 0 Å². The van der Waals surface area contributed by atoms with Gasteiger partial charge in [-0.3, -0.25) is 14.4 Å². The van der Waals surface area contributed by atoms with Crippen molar-refractivity contribution >= 4 is 17.8 Å². The quantitative estimate of drug-likeness (QED) is 0.395. The van der Waals surface area contributed by atoms with Gasteiger partial charge >= 0.3 is 11.9 Å². The molecule has 0 spiro atoms. The second-order valence-electron chi connectivity index (χ2n) is 9.36. The Labute approximate surface area is 196 Å². The topological polar surface area (TPSA) is 72.9 Å². The second kappa shape index (κ2) is 11.1. The Kier molecular flexibility index (Phi) is 8.80. The van der Waals surface area contributed by atoms with Crippen molar-refractivity contribution in [3.63, 3.8) is 0 Å². The summed E-state index contributed by atoms with van der Waals surface area (Å²) >= 11 is 0. The zero-order valence-corrected chi connectivity index (χ0v) is 20.7. The van der Waals surface area contributed by atoms with Crippen molar-refractivity contribution in [2.45, 2.75) is 53.9 Å². The first-order valence-electron chi connectivity index (χ1n) is 11.3. The average molecular weight is 454 g/mol. The molecule has 0 aliphatic rings. The first-order chi connectivity index (χ1) is 15.4. The summed E-state index contributed by atoms with van der Waals surface area (Å²) in [6.07, 6.45) is 0. The van der Waals surface area contributed by atoms with Crippen molar-refractivity contribution in [3.05, 3.63) is 59.7 Å². The van der Waals surface area contributed by atoms with E-state index in [0.29, 0.717) is 36.4 Å². The molecule has 0 aromatic heterocycles. The van der Waals surface area contributed by atoms with Crippen LogP contribution in [0.15, 0.2) is 48.5 Å². The maximum absolute atomic E-state index is 14.1. The lowest BCUT2D eigenvalue weighted by molar-refractivity contribution is -0.136. The van der Waals surface area contributed by atoms with Gasteiger partial charge in [0, 0.05) is 26.9 Å². The van der Waals surface area contributed by atoms with Crippen LogP contribution in [0.25, 0.3) is 0 Å². The molecule has 33 heavy (non-hydrogen) atoms. The lowest BCUT2D eigenvalue weighted by Gasteiger charge is -2.37. The Balaban J connectivity index is 2.57. The highest BCUT2D eigenvalue weighted by Gasteiger charge is 2.40. The van der Waals surface area contributed by atoms with E-state index in [-0.39, 0.29) is 5.91 Å². The zero-order chi connectivity index (χ0) is 24.8. The van der Waals surface area contributed by atoms with E-state index in [1.807, 2.05) is 36.1 Å². The highest BCUT2D eigenvalue weighted by Crippen LogP contribution is 2.36. The second-order valence-corrected chi connectivity index (χ2v) is 9.36. The largest absolute Gasteiger partial charge is 0.427 e. The van der Waals surface area contributed by atoms with Gasteiger partial charge in [0.15, 0.2) is 0 Å². The molecule has 0 bridgehead atoms. The van der Waals surface area contributed by atoms with E-state index in [2.05, 4.69) is 27.7 Å². The van der Waals surface area contributed by atoms with Gasteiger partial charge in [0.2, 0.25) is 5.91 Å². The Morgan fingerprint density at radius 3 is 1.33 bits per heavy atom. The van der Waals surface area contributed by atoms with E-state index < -0.39 is 17.4 Å². The molecule has 0 saturated carbocycles. The molecular weight excluding hydrogens is 418 g/mol. The van der Waals surface area contributed by atoms with Gasteiger partial charge in [-0.25, -0.2) is 0 Å². The van der Waals surface area contributed by atoms with Crippen LogP contribution in [0.2, 0.25) is 0 Å². The average Bonchev–Trinajstić information content (AvgIpc) is 2.71. The summed E-state index contributed by atoms with van der Waals surface area (Å²) in [5, 5.41) is 0. The van der Waals surface area contributed by atoms with E-state index in [4.69, 9.17) is 9.47 Å². The summed E-state index contributed by atoms with van der Waals surface area (Å²) in [5.41, 5.74) is 0.565. The molecule has 2 rings (SSSR count). The van der Waals surface area contributed by atoms with Crippen LogP contribution in [0, 0.1) is 11.8 Å². The van der Waals surface area contributed by atoms with Crippen LogP contribution in [0.5, 0.6) is 11.5 Å². The molecule has 2 aromatic rings. The molecule has 0 radical (unpaired) electrons. The molecule has 0 aliphatic heterocycles. The van der Waals surface area contributed by atoms with Crippen molar-refractivity contribution in [1.82, 2.24) is 4.90 Å². The van der Waals surface area contributed by atoms with Crippen molar-refractivity contribution in [1.29, 1.82) is 0 Å². The Morgan fingerprint density at radius 1 is 0.727 bits per heavy atom. The maximum atomic E-state index is 14.1. The van der Waals surface area contributed by atoms with Crippen molar-refractivity contribution < 1.29 is 23.9 Å². The third-order valence-corrected chi connectivity index (χ3v) is 5.27. The predicted molar refractivity (Wildman–Crippen MR) is 128 cm³/mol. The molecule has 0 heterocycles. The van der Waals surface area contributed by atoms with Crippen molar-refractivity contribution in [2.75, 3.05) is 13.1 Å². The van der Waals surface area contributed by atoms with Gasteiger partial charge in [0.25, 0.3) is 0 Å². The predicted octanol–water partition coefficient (Wildman–Crippen LogP) is 4.98. The van der Waals surface area contributed by atoms with Crippen LogP contribution in [0.4, 0.5) is 0 Å². The van der Waals surface area contributed by atoms with Crippen LogP contribution in [-0.2, 0) is 19.8 Å². The van der Waals surface area contributed by atoms with Crippen molar-refractivity contribution in [2.24, 2.45) is 11.8 Å². The molecule has 6 heteroatoms. The number of rotatable bonds is 9. The lowest BCUT2D eigenvalue weighted by atomic mass is 9.74. The van der Waals surface area contributed by atoms with E-state index in [0.717, 1.165) is 11.1 Å². The fraction of sp³-hybridized carbons (Fsp3) is 0.444. The van der Waals surface area contributed by atoms with Crippen LogP contribution < -0.4 is 9.47 Å². The molecule has 1 amide bonds. The summed E-state index contributed by atoms with van der Waals surface area (Å²) < 4.78 is 10.3. The molecule has 178 valence electrons. The maximum Gasteiger partial charge on any atom is 0.308 e. The first kappa shape index (κ1) is 26.1. The monoisotopic (exact) mass is 453 g/mol. The van der Waals surface area contributed by atoms with Gasteiger partial charge in [-0.2, -0.15) is 0 Å². The van der Waals surface area contributed by atoms with Gasteiger partial charge in [0.05, 0.1) is 5.41 Å². The number of hydrogen-bond acceptors (Lipinski definition) is 5. The number of carbonyl (C=O) groups is 3. The molecule has 0 unspecified atom stereocenters. The highest BCUT2D eigenvalue weighted by atomic mass is 16.5. The fourth-order valence-electron chi connectivity index (χ4n) is 3.90. The Hall–Kier alpha value is -3.15. The molecular formula is C27H35NO5. The molecule has 0 fully saturated rings. The van der Waals surface area contributed by atoms with E-state index in [1.165, 1.54) is 13.8 Å². The van der Waals surface area contributed by atoms with Crippen molar-refractivity contribution in [3.8, 4) is 11.5 Å². The number of ether oxygens (including phenoxy) is 2. The van der Waals surface area contributed by atoms with E-state index in [1.54, 1.807) is 24.3 Å². The zero-order valence-electron chi connectivity index (χ0n) is 20.7. The fourth-order valence-corrected chi connectivity index (χ4v) is 3.90. The van der Waals surface area contributed by atoms with Gasteiger partial charge in [-0.05, 0) is 54.2 Å². The molecule has 0 N–H and O–H groups in total. The standard InChI is InChI=1S/C27H35NO5/c1-18(2)16-28(17-19(3)4)26(31)27(7,22-8-12-24(13-9-22)32-20(5)29)23-10-14-25(15-11-23)33-21(6)30/h8-15,18-19H,16-17H2,1-7H3. The Bertz CT molecular complexity index is 892. The minimum atomic E-state index is -0.993. The SMILES string of the molecule is CC(=O)Oc1ccc(C(C)(C(=O)N(CC(C)C)CC(C)C)c2ccc(OC(C)=O)cc2)cc1. The van der Waals surface area contributed by atoms with Crippen LogP contribution in [-0.4, -0.2) is 35.8 Å². The molecule has 0 aliphatic carbocycles. The summed E-state index contributed by atoms with van der Waals surface area (Å²) in [4.78, 5) is 38.7. The van der Waals surface area contributed by atoms with Gasteiger partial charge in [0.1, 0.15) is 11.5 Å². The van der Waals surface area contributed by atoms with E-state index >= 15 is 0 Å². The third kappa shape index (κ3) is 6.91. The number of carbonyl (C=O) groups excluding carboxylic acids is 3. The summed E-state index contributed by atoms with van der Waals surface area (Å²) in [6.45, 7) is 14.3. The minimum absolute atomic E-state index is 0.00891. The number of amides is 1. The number of esters is 2. The van der Waals surface area contributed by atoms with Gasteiger partial charge < -0.3 is 14.4 Å². The normalized spacial score (nSPS) is 11.4. The first-order valence-corrected chi connectivity index (χ1v) is 11.3. The number of hydrogen-bond donors (Lipinski definition) is 0. The van der Waals surface area contributed by atoms with Gasteiger partial charge in [-0.1, -0.05) is 52.0 Å². The Morgan fingerprint density at radius 2 is 1.06 bits per heavy atom. The summed E-state index contributed by atoms with van der Waals surface area (Å²) in [7, 11) is 0. The van der Waals surface area contributed by atoms with Crippen LogP contribution in [0.3, 0.4) is 0 Å². The number of nitrogens with zero attached hydrogens (tertiary/aromatic N) is 1. The number of benzene rings is 2. The smallest absolute Gasteiger partial charge is 0.308 e. The van der Waals surface area contributed by atoms with Crippen LogP contribution in [0.1, 0.15) is 59.6 Å². The van der Waals surface area contributed by atoms with E-state index in [9.17, 15) is 14.4 Å². The third-order valence-electron chi connectivity index (χ3n) is 5.27. The molecule has 6 nitrogen and oxygen atoms in total. The summed E-state index contributed by atoms with van der Waals surface area (Å²) in [6, 6.07) is 14.1. The highest BCUT2D eigenvalue weighted by molar-refractivity contribution is 5.92.